The van der Waals surface area contributed by atoms with Crippen molar-refractivity contribution < 1.29 is 9.32 Å². The average molecular weight is 373 g/mol. The van der Waals surface area contributed by atoms with Crippen LogP contribution >= 0.6 is 15.9 Å². The van der Waals surface area contributed by atoms with Gasteiger partial charge in [0, 0.05) is 16.2 Å². The topological polar surface area (TPSA) is 80.0 Å². The highest BCUT2D eigenvalue weighted by molar-refractivity contribution is 9.10. The molecule has 0 unspecified atom stereocenters. The van der Waals surface area contributed by atoms with Gasteiger partial charge in [-0.15, -0.1) is 0 Å². The molecule has 3 rings (SSSR count). The Labute approximate surface area is 141 Å². The van der Waals surface area contributed by atoms with Gasteiger partial charge in [-0.2, -0.15) is 0 Å². The standard InChI is InChI=1S/C16H13BrN4O2/c1-10-7-15(21-23-10)19-13-5-6-14(18-9-13)16(22)20-12-4-2-3-11(17)8-12/h2-9H,1H3,(H,19,21)(H,20,22). The van der Waals surface area contributed by atoms with Gasteiger partial charge < -0.3 is 15.2 Å². The molecule has 23 heavy (non-hydrogen) atoms. The molecule has 0 spiro atoms. The van der Waals surface area contributed by atoms with Crippen molar-refractivity contribution in [2.45, 2.75) is 6.92 Å². The smallest absolute Gasteiger partial charge is 0.274 e. The molecule has 0 saturated carbocycles. The molecule has 1 aromatic carbocycles. The summed E-state index contributed by atoms with van der Waals surface area (Å²) in [5.74, 6) is 1.04. The molecule has 7 heteroatoms. The van der Waals surface area contributed by atoms with Crippen LogP contribution in [0.25, 0.3) is 0 Å². The first-order valence-corrected chi connectivity index (χ1v) is 7.63. The van der Waals surface area contributed by atoms with E-state index in [1.54, 1.807) is 24.4 Å². The van der Waals surface area contributed by atoms with Crippen LogP contribution in [0.4, 0.5) is 17.2 Å². The number of hydrogen-bond donors (Lipinski definition) is 2. The van der Waals surface area contributed by atoms with E-state index in [1.807, 2.05) is 31.2 Å². The first-order valence-electron chi connectivity index (χ1n) is 6.83. The second-order valence-electron chi connectivity index (χ2n) is 4.84. The Morgan fingerprint density at radius 3 is 2.70 bits per heavy atom. The van der Waals surface area contributed by atoms with Gasteiger partial charge in [0.1, 0.15) is 11.5 Å². The zero-order valence-corrected chi connectivity index (χ0v) is 13.8. The van der Waals surface area contributed by atoms with Gasteiger partial charge in [0.2, 0.25) is 0 Å². The molecule has 6 nitrogen and oxygen atoms in total. The molecule has 3 aromatic rings. The normalized spacial score (nSPS) is 10.3. The lowest BCUT2D eigenvalue weighted by molar-refractivity contribution is 0.102. The largest absolute Gasteiger partial charge is 0.360 e. The molecule has 0 radical (unpaired) electrons. The highest BCUT2D eigenvalue weighted by Crippen LogP contribution is 2.18. The predicted octanol–water partition coefficient (Wildman–Crippen LogP) is 4.14. The zero-order chi connectivity index (χ0) is 16.2. The molecule has 0 aliphatic carbocycles. The summed E-state index contributed by atoms with van der Waals surface area (Å²) in [6.07, 6.45) is 1.57. The van der Waals surface area contributed by atoms with Crippen LogP contribution < -0.4 is 10.6 Å². The summed E-state index contributed by atoms with van der Waals surface area (Å²) in [7, 11) is 0. The monoisotopic (exact) mass is 372 g/mol. The van der Waals surface area contributed by atoms with E-state index in [0.717, 1.165) is 10.2 Å². The van der Waals surface area contributed by atoms with Crippen LogP contribution in [-0.2, 0) is 0 Å². The van der Waals surface area contributed by atoms with E-state index in [-0.39, 0.29) is 5.91 Å². The van der Waals surface area contributed by atoms with Crippen molar-refractivity contribution in [1.82, 2.24) is 10.1 Å². The molecule has 116 valence electrons. The van der Waals surface area contributed by atoms with Crippen molar-refractivity contribution in [3.63, 3.8) is 0 Å². The number of aryl methyl sites for hydroxylation is 1. The zero-order valence-electron chi connectivity index (χ0n) is 12.2. The maximum absolute atomic E-state index is 12.2. The lowest BCUT2D eigenvalue weighted by atomic mass is 10.3. The molecule has 0 atom stereocenters. The van der Waals surface area contributed by atoms with Crippen LogP contribution in [0.3, 0.4) is 0 Å². The lowest BCUT2D eigenvalue weighted by Crippen LogP contribution is -2.13. The maximum Gasteiger partial charge on any atom is 0.274 e. The number of halogens is 1. The number of nitrogens with one attached hydrogen (secondary N) is 2. The molecule has 1 amide bonds. The van der Waals surface area contributed by atoms with Crippen LogP contribution in [-0.4, -0.2) is 16.0 Å². The van der Waals surface area contributed by atoms with Crippen LogP contribution in [0.1, 0.15) is 16.2 Å². The van der Waals surface area contributed by atoms with Gasteiger partial charge >= 0.3 is 0 Å². The fourth-order valence-electron chi connectivity index (χ4n) is 1.94. The lowest BCUT2D eigenvalue weighted by Gasteiger charge is -2.06. The number of pyridine rings is 1. The molecule has 0 aliphatic rings. The summed E-state index contributed by atoms with van der Waals surface area (Å²) >= 11 is 3.36. The number of hydrogen-bond acceptors (Lipinski definition) is 5. The van der Waals surface area contributed by atoms with E-state index in [9.17, 15) is 4.79 Å². The second kappa shape index (κ2) is 6.62. The van der Waals surface area contributed by atoms with Crippen molar-refractivity contribution >= 4 is 39.0 Å². The van der Waals surface area contributed by atoms with E-state index < -0.39 is 0 Å². The van der Waals surface area contributed by atoms with Crippen molar-refractivity contribution in [1.29, 1.82) is 0 Å². The number of aromatic nitrogens is 2. The summed E-state index contributed by atoms with van der Waals surface area (Å²) < 4.78 is 5.87. The van der Waals surface area contributed by atoms with Gasteiger partial charge in [0.15, 0.2) is 5.82 Å². The molecular formula is C16H13BrN4O2. The Hall–Kier alpha value is -2.67. The molecule has 2 N–H and O–H groups in total. The van der Waals surface area contributed by atoms with Crippen molar-refractivity contribution in [2.24, 2.45) is 0 Å². The Kier molecular flexibility index (Phi) is 4.38. The third-order valence-corrected chi connectivity index (χ3v) is 3.47. The predicted molar refractivity (Wildman–Crippen MR) is 90.9 cm³/mol. The van der Waals surface area contributed by atoms with Crippen LogP contribution in [0.2, 0.25) is 0 Å². The minimum atomic E-state index is -0.271. The summed E-state index contributed by atoms with van der Waals surface area (Å²) in [6, 6.07) is 12.5. The number of carbonyl (C=O) groups is 1. The van der Waals surface area contributed by atoms with Crippen LogP contribution in [0, 0.1) is 6.92 Å². The van der Waals surface area contributed by atoms with Crippen molar-refractivity contribution in [3.8, 4) is 0 Å². The number of benzene rings is 1. The summed E-state index contributed by atoms with van der Waals surface area (Å²) in [4.78, 5) is 16.3. The van der Waals surface area contributed by atoms with Crippen LogP contribution in [0.5, 0.6) is 0 Å². The Bertz CT molecular complexity index is 830. The number of amides is 1. The van der Waals surface area contributed by atoms with Gasteiger partial charge in [-0.05, 0) is 37.3 Å². The first-order chi connectivity index (χ1) is 11.1. The number of rotatable bonds is 4. The molecular weight excluding hydrogens is 360 g/mol. The van der Waals surface area contributed by atoms with Gasteiger partial charge in [-0.1, -0.05) is 27.2 Å². The molecule has 2 aromatic heterocycles. The second-order valence-corrected chi connectivity index (χ2v) is 5.76. The average Bonchev–Trinajstić information content (AvgIpc) is 2.93. The van der Waals surface area contributed by atoms with Crippen LogP contribution in [0.15, 0.2) is 57.7 Å². The number of nitrogens with zero attached hydrogens (tertiary/aromatic N) is 2. The Balaban J connectivity index is 1.67. The third-order valence-electron chi connectivity index (χ3n) is 2.98. The Morgan fingerprint density at radius 1 is 1.17 bits per heavy atom. The quantitative estimate of drug-likeness (QED) is 0.719. The highest BCUT2D eigenvalue weighted by Gasteiger charge is 2.08. The molecule has 0 aliphatic heterocycles. The molecule has 0 saturated heterocycles. The fraction of sp³-hybridized carbons (Fsp3) is 0.0625. The van der Waals surface area contributed by atoms with E-state index in [0.29, 0.717) is 23.0 Å². The molecule has 2 heterocycles. The fourth-order valence-corrected chi connectivity index (χ4v) is 2.34. The SMILES string of the molecule is Cc1cc(Nc2ccc(C(=O)Nc3cccc(Br)c3)nc2)no1. The van der Waals surface area contributed by atoms with E-state index in [4.69, 9.17) is 4.52 Å². The van der Waals surface area contributed by atoms with Gasteiger partial charge in [-0.25, -0.2) is 4.98 Å². The first kappa shape index (κ1) is 15.2. The minimum absolute atomic E-state index is 0.271. The molecule has 0 bridgehead atoms. The Morgan fingerprint density at radius 2 is 2.04 bits per heavy atom. The number of carbonyl (C=O) groups excluding carboxylic acids is 1. The number of anilines is 3. The van der Waals surface area contributed by atoms with Gasteiger partial charge in [-0.3, -0.25) is 4.79 Å². The maximum atomic E-state index is 12.2. The van der Waals surface area contributed by atoms with Gasteiger partial charge in [0.25, 0.3) is 5.91 Å². The van der Waals surface area contributed by atoms with Crippen molar-refractivity contribution in [2.75, 3.05) is 10.6 Å². The molecule has 0 fully saturated rings. The van der Waals surface area contributed by atoms with Gasteiger partial charge in [0.05, 0.1) is 11.9 Å². The summed E-state index contributed by atoms with van der Waals surface area (Å²) in [6.45, 7) is 1.81. The van der Waals surface area contributed by atoms with E-state index >= 15 is 0 Å². The van der Waals surface area contributed by atoms with Crippen molar-refractivity contribution in [3.05, 3.63) is 64.6 Å². The highest BCUT2D eigenvalue weighted by atomic mass is 79.9. The minimum Gasteiger partial charge on any atom is -0.360 e. The van der Waals surface area contributed by atoms with E-state index in [2.05, 4.69) is 36.7 Å². The van der Waals surface area contributed by atoms with E-state index in [1.165, 1.54) is 0 Å². The summed E-state index contributed by atoms with van der Waals surface area (Å²) in [5, 5.41) is 9.67. The third kappa shape index (κ3) is 3.95. The summed E-state index contributed by atoms with van der Waals surface area (Å²) in [5.41, 5.74) is 1.75.